The predicted octanol–water partition coefficient (Wildman–Crippen LogP) is 5.78. The van der Waals surface area contributed by atoms with Gasteiger partial charge in [-0.05, 0) is 75.2 Å². The maximum atomic E-state index is 6.10. The minimum absolute atomic E-state index is 0.0561. The normalized spacial score (nSPS) is 18.3. The van der Waals surface area contributed by atoms with Gasteiger partial charge < -0.3 is 4.90 Å². The highest BCUT2D eigenvalue weighted by atomic mass is 35.5. The van der Waals surface area contributed by atoms with Crippen molar-refractivity contribution in [1.82, 2.24) is 4.90 Å². The Kier molecular flexibility index (Phi) is 5.01. The first kappa shape index (κ1) is 16.8. The van der Waals surface area contributed by atoms with Crippen molar-refractivity contribution in [3.8, 4) is 0 Å². The molecule has 0 unspecified atom stereocenters. The van der Waals surface area contributed by atoms with Crippen LogP contribution in [0.25, 0.3) is 0 Å². The first-order valence-electron chi connectivity index (χ1n) is 8.27. The zero-order chi connectivity index (χ0) is 16.4. The summed E-state index contributed by atoms with van der Waals surface area (Å²) in [6, 6.07) is 17.3. The zero-order valence-corrected chi connectivity index (χ0v) is 15.2. The molecular weight excluding hydrogens is 325 g/mol. The van der Waals surface area contributed by atoms with Gasteiger partial charge in [0.15, 0.2) is 0 Å². The first-order valence-corrected chi connectivity index (χ1v) is 9.03. The summed E-state index contributed by atoms with van der Waals surface area (Å²) < 4.78 is 0. The van der Waals surface area contributed by atoms with Crippen LogP contribution >= 0.6 is 23.2 Å². The van der Waals surface area contributed by atoms with Gasteiger partial charge in [0.05, 0.1) is 0 Å². The molecule has 0 atom stereocenters. The van der Waals surface area contributed by atoms with Gasteiger partial charge in [-0.1, -0.05) is 47.5 Å². The second kappa shape index (κ2) is 6.84. The Balaban J connectivity index is 2.00. The summed E-state index contributed by atoms with van der Waals surface area (Å²) in [5.74, 6) is 0. The molecule has 1 fully saturated rings. The summed E-state index contributed by atoms with van der Waals surface area (Å²) in [5.41, 5.74) is 2.76. The second-order valence-electron chi connectivity index (χ2n) is 6.73. The highest BCUT2D eigenvalue weighted by Crippen LogP contribution is 2.42. The molecule has 1 aliphatic rings. The zero-order valence-electron chi connectivity index (χ0n) is 13.7. The average molecular weight is 348 g/mol. The molecule has 0 N–H and O–H groups in total. The number of benzene rings is 2. The number of nitrogens with zero attached hydrogens (tertiary/aromatic N) is 1. The van der Waals surface area contributed by atoms with E-state index < -0.39 is 0 Å². The quantitative estimate of drug-likeness (QED) is 0.679. The summed E-state index contributed by atoms with van der Waals surface area (Å²) >= 11 is 12.2. The Hall–Kier alpha value is -1.02. The number of hydrogen-bond donors (Lipinski definition) is 0. The fourth-order valence-corrected chi connectivity index (χ4v) is 3.96. The van der Waals surface area contributed by atoms with Gasteiger partial charge in [-0.3, -0.25) is 0 Å². The van der Waals surface area contributed by atoms with E-state index in [-0.39, 0.29) is 5.41 Å². The highest BCUT2D eigenvalue weighted by molar-refractivity contribution is 6.30. The van der Waals surface area contributed by atoms with E-state index in [0.29, 0.717) is 6.04 Å². The molecule has 1 aliphatic heterocycles. The van der Waals surface area contributed by atoms with Crippen LogP contribution in [0.15, 0.2) is 48.5 Å². The van der Waals surface area contributed by atoms with Crippen LogP contribution in [0.5, 0.6) is 0 Å². The molecule has 3 rings (SSSR count). The van der Waals surface area contributed by atoms with E-state index in [2.05, 4.69) is 43.0 Å². The van der Waals surface area contributed by atoms with Crippen molar-refractivity contribution in [1.29, 1.82) is 0 Å². The molecule has 0 radical (unpaired) electrons. The lowest BCUT2D eigenvalue weighted by atomic mass is 9.68. The second-order valence-corrected chi connectivity index (χ2v) is 7.60. The lowest BCUT2D eigenvalue weighted by molar-refractivity contribution is 0.145. The summed E-state index contributed by atoms with van der Waals surface area (Å²) in [6.07, 6.45) is 2.24. The van der Waals surface area contributed by atoms with Crippen LogP contribution in [0.3, 0.4) is 0 Å². The molecule has 1 nitrogen and oxygen atoms in total. The molecule has 0 saturated carbocycles. The lowest BCUT2D eigenvalue weighted by Gasteiger charge is -2.44. The Morgan fingerprint density at radius 3 is 1.52 bits per heavy atom. The van der Waals surface area contributed by atoms with Crippen LogP contribution in [0.4, 0.5) is 0 Å². The first-order chi connectivity index (χ1) is 11.0. The van der Waals surface area contributed by atoms with Crippen molar-refractivity contribution in [3.63, 3.8) is 0 Å². The Bertz CT molecular complexity index is 591. The number of piperidine rings is 1. The van der Waals surface area contributed by atoms with Crippen LogP contribution in [0, 0.1) is 0 Å². The van der Waals surface area contributed by atoms with Crippen LogP contribution in [-0.4, -0.2) is 24.0 Å². The number of rotatable bonds is 3. The summed E-state index contributed by atoms with van der Waals surface area (Å²) in [7, 11) is 0. The third kappa shape index (κ3) is 3.42. The Morgan fingerprint density at radius 2 is 1.17 bits per heavy atom. The van der Waals surface area contributed by atoms with Crippen molar-refractivity contribution >= 4 is 23.2 Å². The van der Waals surface area contributed by atoms with Crippen molar-refractivity contribution in [2.75, 3.05) is 13.1 Å². The molecule has 1 heterocycles. The highest BCUT2D eigenvalue weighted by Gasteiger charge is 2.38. The molecule has 0 aromatic heterocycles. The van der Waals surface area contributed by atoms with E-state index in [1.165, 1.54) is 11.1 Å². The van der Waals surface area contributed by atoms with Gasteiger partial charge in [0.1, 0.15) is 0 Å². The van der Waals surface area contributed by atoms with E-state index in [1.807, 2.05) is 24.3 Å². The third-order valence-electron chi connectivity index (χ3n) is 5.18. The molecule has 0 aliphatic carbocycles. The molecular formula is C20H23Cl2N. The van der Waals surface area contributed by atoms with Gasteiger partial charge >= 0.3 is 0 Å². The van der Waals surface area contributed by atoms with Gasteiger partial charge in [-0.25, -0.2) is 0 Å². The summed E-state index contributed by atoms with van der Waals surface area (Å²) in [6.45, 7) is 6.78. The van der Waals surface area contributed by atoms with Gasteiger partial charge in [-0.15, -0.1) is 0 Å². The van der Waals surface area contributed by atoms with Crippen LogP contribution in [0.1, 0.15) is 37.8 Å². The van der Waals surface area contributed by atoms with Gasteiger partial charge in [0.25, 0.3) is 0 Å². The van der Waals surface area contributed by atoms with Crippen molar-refractivity contribution < 1.29 is 0 Å². The molecule has 0 amide bonds. The van der Waals surface area contributed by atoms with Crippen molar-refractivity contribution in [3.05, 3.63) is 69.7 Å². The Morgan fingerprint density at radius 1 is 0.783 bits per heavy atom. The van der Waals surface area contributed by atoms with E-state index >= 15 is 0 Å². The lowest BCUT2D eigenvalue weighted by Crippen LogP contribution is -2.45. The third-order valence-corrected chi connectivity index (χ3v) is 5.68. The maximum Gasteiger partial charge on any atom is 0.0406 e. The van der Waals surface area contributed by atoms with E-state index in [9.17, 15) is 0 Å². The van der Waals surface area contributed by atoms with Gasteiger partial charge in [0.2, 0.25) is 0 Å². The fourth-order valence-electron chi connectivity index (χ4n) is 3.70. The van der Waals surface area contributed by atoms with Crippen LogP contribution in [0.2, 0.25) is 10.0 Å². The fraction of sp³-hybridized carbons (Fsp3) is 0.400. The van der Waals surface area contributed by atoms with Crippen LogP contribution in [-0.2, 0) is 5.41 Å². The average Bonchev–Trinajstić information content (AvgIpc) is 2.56. The Labute approximate surface area is 149 Å². The van der Waals surface area contributed by atoms with Gasteiger partial charge in [-0.2, -0.15) is 0 Å². The van der Waals surface area contributed by atoms with E-state index in [1.54, 1.807) is 0 Å². The molecule has 122 valence electrons. The molecule has 2 aromatic rings. The SMILES string of the molecule is CC(C)N1CCC(c2ccc(Cl)cc2)(c2ccc(Cl)cc2)CC1. The van der Waals surface area contributed by atoms with E-state index in [0.717, 1.165) is 36.0 Å². The predicted molar refractivity (Wildman–Crippen MR) is 99.6 cm³/mol. The molecule has 23 heavy (non-hydrogen) atoms. The summed E-state index contributed by atoms with van der Waals surface area (Å²) in [4.78, 5) is 2.56. The molecule has 3 heteroatoms. The largest absolute Gasteiger partial charge is 0.301 e. The molecule has 0 spiro atoms. The van der Waals surface area contributed by atoms with Crippen molar-refractivity contribution in [2.24, 2.45) is 0 Å². The topological polar surface area (TPSA) is 3.24 Å². The monoisotopic (exact) mass is 347 g/mol. The maximum absolute atomic E-state index is 6.10. The standard InChI is InChI=1S/C20H23Cl2N/c1-15(2)23-13-11-20(12-14-23,16-3-7-18(21)8-4-16)17-5-9-19(22)10-6-17/h3-10,15H,11-14H2,1-2H3. The number of hydrogen-bond acceptors (Lipinski definition) is 1. The number of halogens is 2. The smallest absolute Gasteiger partial charge is 0.0406 e. The molecule has 2 aromatic carbocycles. The van der Waals surface area contributed by atoms with Crippen LogP contribution < -0.4 is 0 Å². The minimum Gasteiger partial charge on any atom is -0.301 e. The van der Waals surface area contributed by atoms with Gasteiger partial charge in [0, 0.05) is 21.5 Å². The van der Waals surface area contributed by atoms with E-state index in [4.69, 9.17) is 23.2 Å². The molecule has 1 saturated heterocycles. The number of likely N-dealkylation sites (tertiary alicyclic amines) is 1. The summed E-state index contributed by atoms with van der Waals surface area (Å²) in [5, 5.41) is 1.58. The minimum atomic E-state index is 0.0561. The van der Waals surface area contributed by atoms with Crippen molar-refractivity contribution in [2.45, 2.75) is 38.1 Å². The molecule has 0 bridgehead atoms.